The van der Waals surface area contributed by atoms with Crippen LogP contribution < -0.4 is 25.6 Å². The maximum absolute atomic E-state index is 12.2. The van der Waals surface area contributed by atoms with Crippen molar-refractivity contribution < 1.29 is 23.9 Å². The molecule has 1 aromatic rings. The van der Waals surface area contributed by atoms with Gasteiger partial charge in [0.15, 0.2) is 6.29 Å². The summed E-state index contributed by atoms with van der Waals surface area (Å²) in [6, 6.07) is 4.86. The van der Waals surface area contributed by atoms with Crippen LogP contribution in [0.5, 0.6) is 5.75 Å². The number of Topliss-reactive ketones (excluding diaryl/α,β-unsaturated/α-hetero) is 1. The molecular weight excluding hydrogens is 340 g/mol. The Balaban J connectivity index is 1.88. The molecule has 1 aliphatic rings. The summed E-state index contributed by atoms with van der Waals surface area (Å²) in [5.41, 5.74) is 0.343. The number of nitrogens with zero attached hydrogens (tertiary/aromatic N) is 1. The van der Waals surface area contributed by atoms with Gasteiger partial charge in [-0.2, -0.15) is 0 Å². The first-order valence-electron chi connectivity index (χ1n) is 8.29. The molecule has 0 aromatic heterocycles. The second kappa shape index (κ2) is 8.95. The Morgan fingerprint density at radius 1 is 1.08 bits per heavy atom. The Bertz CT molecular complexity index is 671. The number of amides is 4. The van der Waals surface area contributed by atoms with Gasteiger partial charge in [-0.1, -0.05) is 0 Å². The maximum atomic E-state index is 12.2. The van der Waals surface area contributed by atoms with E-state index in [0.29, 0.717) is 24.4 Å². The molecule has 1 heterocycles. The van der Waals surface area contributed by atoms with Crippen LogP contribution >= 0.6 is 0 Å². The van der Waals surface area contributed by atoms with Gasteiger partial charge in [0.2, 0.25) is 0 Å². The quantitative estimate of drug-likeness (QED) is 0.366. The van der Waals surface area contributed by atoms with Crippen LogP contribution in [-0.2, 0) is 9.59 Å². The standard InChI is InChI=1S/C17H22N4O5/c1-11(22)5-3-4-10-18-15-19-16(24)21(17(25)20-15)13-6-8-14(9-7-13)26-12(2)23/h6-9,15,18H,3-5,10H2,1-2H3,(H,19,24)(H,20,25). The van der Waals surface area contributed by atoms with Gasteiger partial charge in [0.1, 0.15) is 11.5 Å². The molecule has 0 aliphatic carbocycles. The Hall–Kier alpha value is -2.94. The van der Waals surface area contributed by atoms with Crippen LogP contribution in [0.1, 0.15) is 33.1 Å². The van der Waals surface area contributed by atoms with Crippen molar-refractivity contribution in [1.29, 1.82) is 0 Å². The number of hydrogen-bond donors (Lipinski definition) is 3. The van der Waals surface area contributed by atoms with Gasteiger partial charge in [0.05, 0.1) is 5.69 Å². The van der Waals surface area contributed by atoms with Crippen molar-refractivity contribution in [2.75, 3.05) is 11.4 Å². The van der Waals surface area contributed by atoms with E-state index in [1.54, 1.807) is 6.92 Å². The number of carbonyl (C=O) groups excluding carboxylic acids is 4. The summed E-state index contributed by atoms with van der Waals surface area (Å²) in [6.07, 6.45) is 1.34. The molecule has 140 valence electrons. The van der Waals surface area contributed by atoms with Crippen LogP contribution in [0.4, 0.5) is 15.3 Å². The van der Waals surface area contributed by atoms with Crippen molar-refractivity contribution in [3.63, 3.8) is 0 Å². The monoisotopic (exact) mass is 362 g/mol. The number of ketones is 1. The average Bonchev–Trinajstić information content (AvgIpc) is 2.54. The maximum Gasteiger partial charge on any atom is 0.332 e. The number of nitrogens with one attached hydrogen (secondary N) is 3. The zero-order valence-electron chi connectivity index (χ0n) is 14.7. The third kappa shape index (κ3) is 5.55. The van der Waals surface area contributed by atoms with Crippen LogP contribution in [0.2, 0.25) is 0 Å². The first-order valence-corrected chi connectivity index (χ1v) is 8.29. The first-order chi connectivity index (χ1) is 12.4. The highest BCUT2D eigenvalue weighted by molar-refractivity contribution is 6.15. The summed E-state index contributed by atoms with van der Waals surface area (Å²) in [5.74, 6) is 0.00671. The second-order valence-electron chi connectivity index (χ2n) is 5.87. The Morgan fingerprint density at radius 3 is 2.23 bits per heavy atom. The molecule has 0 saturated carbocycles. The summed E-state index contributed by atoms with van der Waals surface area (Å²) in [7, 11) is 0. The minimum absolute atomic E-state index is 0.139. The molecule has 1 fully saturated rings. The molecular formula is C17H22N4O5. The second-order valence-corrected chi connectivity index (χ2v) is 5.87. The summed E-state index contributed by atoms with van der Waals surface area (Å²) in [6.45, 7) is 3.38. The molecule has 9 nitrogen and oxygen atoms in total. The van der Waals surface area contributed by atoms with Crippen LogP contribution in [0.15, 0.2) is 24.3 Å². The number of unbranched alkanes of at least 4 members (excludes halogenated alkanes) is 1. The number of urea groups is 2. The van der Waals surface area contributed by atoms with Gasteiger partial charge in [-0.3, -0.25) is 10.1 Å². The summed E-state index contributed by atoms with van der Waals surface area (Å²) >= 11 is 0. The first kappa shape index (κ1) is 19.4. The third-order valence-electron chi connectivity index (χ3n) is 3.60. The van der Waals surface area contributed by atoms with Gasteiger partial charge in [-0.15, -0.1) is 0 Å². The number of hydrogen-bond acceptors (Lipinski definition) is 6. The van der Waals surface area contributed by atoms with Crippen LogP contribution in [0.3, 0.4) is 0 Å². The van der Waals surface area contributed by atoms with Gasteiger partial charge in [0.25, 0.3) is 0 Å². The molecule has 4 amide bonds. The fraction of sp³-hybridized carbons (Fsp3) is 0.412. The Morgan fingerprint density at radius 2 is 1.69 bits per heavy atom. The molecule has 0 spiro atoms. The zero-order valence-corrected chi connectivity index (χ0v) is 14.7. The van der Waals surface area contributed by atoms with Crippen molar-refractivity contribution in [3.8, 4) is 5.75 Å². The van der Waals surface area contributed by atoms with E-state index in [2.05, 4.69) is 16.0 Å². The lowest BCUT2D eigenvalue weighted by Crippen LogP contribution is -2.68. The minimum Gasteiger partial charge on any atom is -0.427 e. The van der Waals surface area contributed by atoms with E-state index in [1.807, 2.05) is 0 Å². The lowest BCUT2D eigenvalue weighted by molar-refractivity contribution is -0.131. The fourth-order valence-electron chi connectivity index (χ4n) is 2.42. The van der Waals surface area contributed by atoms with Crippen LogP contribution in [0.25, 0.3) is 0 Å². The van der Waals surface area contributed by atoms with Crippen molar-refractivity contribution in [2.45, 2.75) is 39.4 Å². The molecule has 0 unspecified atom stereocenters. The van der Waals surface area contributed by atoms with Gasteiger partial charge >= 0.3 is 18.0 Å². The van der Waals surface area contributed by atoms with Crippen molar-refractivity contribution in [1.82, 2.24) is 16.0 Å². The predicted octanol–water partition coefficient (Wildman–Crippen LogP) is 1.48. The molecule has 0 radical (unpaired) electrons. The van der Waals surface area contributed by atoms with E-state index < -0.39 is 24.3 Å². The zero-order chi connectivity index (χ0) is 19.1. The van der Waals surface area contributed by atoms with E-state index in [1.165, 1.54) is 31.2 Å². The van der Waals surface area contributed by atoms with Crippen LogP contribution in [-0.4, -0.2) is 36.6 Å². The molecule has 1 aromatic carbocycles. The Labute approximate surface area is 151 Å². The van der Waals surface area contributed by atoms with Gasteiger partial charge in [-0.05, 0) is 50.6 Å². The molecule has 0 atom stereocenters. The topological polar surface area (TPSA) is 117 Å². The van der Waals surface area contributed by atoms with Gasteiger partial charge in [0, 0.05) is 13.3 Å². The summed E-state index contributed by atoms with van der Waals surface area (Å²) in [4.78, 5) is 47.2. The number of ether oxygens (including phenoxy) is 1. The number of anilines is 1. The van der Waals surface area contributed by atoms with E-state index in [9.17, 15) is 19.2 Å². The van der Waals surface area contributed by atoms with Gasteiger partial charge in [-0.25, -0.2) is 14.5 Å². The smallest absolute Gasteiger partial charge is 0.332 e. The molecule has 0 bridgehead atoms. The predicted molar refractivity (Wildman–Crippen MR) is 93.6 cm³/mol. The number of esters is 1. The number of benzene rings is 1. The molecule has 1 aliphatic heterocycles. The lowest BCUT2D eigenvalue weighted by Gasteiger charge is -2.32. The van der Waals surface area contributed by atoms with Gasteiger partial charge < -0.3 is 20.2 Å². The molecule has 1 saturated heterocycles. The molecule has 2 rings (SSSR count). The van der Waals surface area contributed by atoms with E-state index in [0.717, 1.165) is 17.7 Å². The molecule has 9 heteroatoms. The minimum atomic E-state index is -0.677. The van der Waals surface area contributed by atoms with Crippen molar-refractivity contribution >= 4 is 29.5 Å². The van der Waals surface area contributed by atoms with E-state index in [4.69, 9.17) is 4.74 Å². The lowest BCUT2D eigenvalue weighted by atomic mass is 10.2. The molecule has 26 heavy (non-hydrogen) atoms. The largest absolute Gasteiger partial charge is 0.427 e. The van der Waals surface area contributed by atoms with E-state index >= 15 is 0 Å². The number of rotatable bonds is 8. The highest BCUT2D eigenvalue weighted by atomic mass is 16.5. The Kier molecular flexibility index (Phi) is 6.67. The third-order valence-corrected chi connectivity index (χ3v) is 3.60. The summed E-state index contributed by atoms with van der Waals surface area (Å²) in [5, 5.41) is 8.27. The van der Waals surface area contributed by atoms with Crippen molar-refractivity contribution in [2.24, 2.45) is 0 Å². The number of imide groups is 1. The highest BCUT2D eigenvalue weighted by Gasteiger charge is 2.32. The van der Waals surface area contributed by atoms with E-state index in [-0.39, 0.29) is 5.78 Å². The fourth-order valence-corrected chi connectivity index (χ4v) is 2.42. The average molecular weight is 362 g/mol. The highest BCUT2D eigenvalue weighted by Crippen LogP contribution is 2.21. The van der Waals surface area contributed by atoms with Crippen LogP contribution in [0, 0.1) is 0 Å². The van der Waals surface area contributed by atoms with Crippen molar-refractivity contribution in [3.05, 3.63) is 24.3 Å². The molecule has 3 N–H and O–H groups in total. The SMILES string of the molecule is CC(=O)CCCCNC1NC(=O)N(c2ccc(OC(C)=O)cc2)C(=O)N1. The number of carbonyl (C=O) groups is 4. The normalized spacial score (nSPS) is 14.6. The summed E-state index contributed by atoms with van der Waals surface area (Å²) < 4.78 is 4.92.